The molecule has 0 unspecified atom stereocenters. The van der Waals surface area contributed by atoms with Crippen LogP contribution in [0, 0.1) is 13.8 Å². The van der Waals surface area contributed by atoms with Crippen LogP contribution in [0.4, 0.5) is 24.7 Å². The van der Waals surface area contributed by atoms with Crippen molar-refractivity contribution < 1.29 is 13.2 Å². The van der Waals surface area contributed by atoms with Crippen LogP contribution in [0.2, 0.25) is 10.2 Å². The van der Waals surface area contributed by atoms with Gasteiger partial charge in [0.1, 0.15) is 16.8 Å². The van der Waals surface area contributed by atoms with E-state index in [1.165, 1.54) is 6.07 Å². The molecule has 8 heteroatoms. The topological polar surface area (TPSA) is 37.8 Å². The smallest absolute Gasteiger partial charge is 0.339 e. The summed E-state index contributed by atoms with van der Waals surface area (Å²) in [5.74, 6) is 0.838. The minimum Gasteiger partial charge on any atom is -0.339 e. The molecule has 0 saturated heterocycles. The third-order valence-electron chi connectivity index (χ3n) is 2.75. The maximum absolute atomic E-state index is 12.6. The molecule has 0 spiro atoms. The minimum absolute atomic E-state index is 0.0587. The van der Waals surface area contributed by atoms with Crippen molar-refractivity contribution in [2.24, 2.45) is 0 Å². The van der Waals surface area contributed by atoms with E-state index in [9.17, 15) is 13.2 Å². The number of hydrogen-bond acceptors (Lipinski definition) is 3. The van der Waals surface area contributed by atoms with Crippen molar-refractivity contribution in [1.29, 1.82) is 0 Å². The molecule has 0 radical (unpaired) electrons. The summed E-state index contributed by atoms with van der Waals surface area (Å²) >= 11 is 11.8. The Morgan fingerprint density at radius 3 is 2.33 bits per heavy atom. The van der Waals surface area contributed by atoms with E-state index in [1.54, 1.807) is 13.8 Å². The Balaban J connectivity index is 2.37. The second-order valence-electron chi connectivity index (χ2n) is 4.35. The number of nitrogens with one attached hydrogen (secondary N) is 1. The fraction of sp³-hybridized carbons (Fsp3) is 0.231. The lowest BCUT2D eigenvalue weighted by atomic mass is 10.2. The predicted octanol–water partition coefficient (Wildman–Crippen LogP) is 5.16. The van der Waals surface area contributed by atoms with E-state index in [4.69, 9.17) is 23.2 Å². The molecule has 0 saturated carbocycles. The van der Waals surface area contributed by atoms with Gasteiger partial charge in [0.05, 0.1) is 16.3 Å². The van der Waals surface area contributed by atoms with Crippen LogP contribution >= 0.6 is 23.2 Å². The lowest BCUT2D eigenvalue weighted by Gasteiger charge is -2.13. The molecule has 112 valence electrons. The Hall–Kier alpha value is -1.53. The zero-order valence-electron chi connectivity index (χ0n) is 11.0. The summed E-state index contributed by atoms with van der Waals surface area (Å²) < 4.78 is 37.7. The van der Waals surface area contributed by atoms with Crippen molar-refractivity contribution in [2.45, 2.75) is 20.0 Å². The molecule has 1 aromatic heterocycles. The molecule has 0 atom stereocenters. The Morgan fingerprint density at radius 2 is 1.76 bits per heavy atom. The van der Waals surface area contributed by atoms with Crippen LogP contribution < -0.4 is 5.32 Å². The molecule has 0 aliphatic heterocycles. The van der Waals surface area contributed by atoms with Crippen LogP contribution in [0.1, 0.15) is 17.0 Å². The molecule has 0 aliphatic carbocycles. The highest BCUT2D eigenvalue weighted by atomic mass is 35.5. The Morgan fingerprint density at radius 1 is 1.10 bits per heavy atom. The number of benzene rings is 1. The summed E-state index contributed by atoms with van der Waals surface area (Å²) in [6, 6.07) is 3.05. The third kappa shape index (κ3) is 3.57. The number of nitrogens with zero attached hydrogens (tertiary/aromatic N) is 2. The molecular weight excluding hydrogens is 326 g/mol. The average molecular weight is 336 g/mol. The van der Waals surface area contributed by atoms with Crippen LogP contribution in [0.25, 0.3) is 0 Å². The largest absolute Gasteiger partial charge is 0.416 e. The molecule has 1 aromatic carbocycles. The van der Waals surface area contributed by atoms with Crippen LogP contribution in [0.3, 0.4) is 0 Å². The molecule has 0 fully saturated rings. The first kappa shape index (κ1) is 15.9. The van der Waals surface area contributed by atoms with Gasteiger partial charge in [-0.25, -0.2) is 9.97 Å². The molecule has 0 aliphatic rings. The standard InChI is InChI=1S/C13H10Cl2F3N3/c1-6-11(15)19-7(2)20-12(6)21-10-4-3-8(5-9(10)14)13(16,17)18/h3-5H,1-2H3,(H,19,20,21). The Kier molecular flexibility index (Phi) is 4.30. The number of aryl methyl sites for hydroxylation is 1. The Bertz CT molecular complexity index is 687. The highest BCUT2D eigenvalue weighted by Crippen LogP contribution is 2.35. The molecule has 0 amide bonds. The van der Waals surface area contributed by atoms with Gasteiger partial charge in [-0.2, -0.15) is 13.2 Å². The summed E-state index contributed by atoms with van der Waals surface area (Å²) in [4.78, 5) is 8.13. The number of alkyl halides is 3. The van der Waals surface area contributed by atoms with Gasteiger partial charge in [-0.1, -0.05) is 23.2 Å². The first-order valence-corrected chi connectivity index (χ1v) is 6.58. The summed E-state index contributed by atoms with van der Waals surface area (Å²) in [7, 11) is 0. The van der Waals surface area contributed by atoms with E-state index in [0.29, 0.717) is 22.9 Å². The zero-order chi connectivity index (χ0) is 15.8. The summed E-state index contributed by atoms with van der Waals surface area (Å²) in [5.41, 5.74) is 0.0758. The van der Waals surface area contributed by atoms with Gasteiger partial charge in [0, 0.05) is 5.56 Å². The first-order valence-electron chi connectivity index (χ1n) is 5.83. The van der Waals surface area contributed by atoms with Crippen molar-refractivity contribution in [1.82, 2.24) is 9.97 Å². The Labute approximate surface area is 129 Å². The molecule has 1 heterocycles. The molecule has 1 N–H and O–H groups in total. The predicted molar refractivity (Wildman–Crippen MR) is 76.3 cm³/mol. The van der Waals surface area contributed by atoms with Gasteiger partial charge < -0.3 is 5.32 Å². The van der Waals surface area contributed by atoms with Crippen LogP contribution in [-0.4, -0.2) is 9.97 Å². The lowest BCUT2D eigenvalue weighted by molar-refractivity contribution is -0.137. The minimum atomic E-state index is -4.44. The van der Waals surface area contributed by atoms with E-state index >= 15 is 0 Å². The van der Waals surface area contributed by atoms with E-state index in [0.717, 1.165) is 12.1 Å². The highest BCUT2D eigenvalue weighted by molar-refractivity contribution is 6.33. The second-order valence-corrected chi connectivity index (χ2v) is 5.12. The van der Waals surface area contributed by atoms with Crippen molar-refractivity contribution in [3.63, 3.8) is 0 Å². The van der Waals surface area contributed by atoms with Gasteiger partial charge in [-0.3, -0.25) is 0 Å². The van der Waals surface area contributed by atoms with E-state index in [-0.39, 0.29) is 10.2 Å². The molecule has 0 bridgehead atoms. The maximum Gasteiger partial charge on any atom is 0.416 e. The number of hydrogen-bond donors (Lipinski definition) is 1. The average Bonchev–Trinajstić information content (AvgIpc) is 2.36. The molecule has 21 heavy (non-hydrogen) atoms. The highest BCUT2D eigenvalue weighted by Gasteiger charge is 2.30. The molecule has 2 rings (SSSR count). The van der Waals surface area contributed by atoms with Crippen molar-refractivity contribution >= 4 is 34.7 Å². The van der Waals surface area contributed by atoms with Crippen molar-refractivity contribution in [2.75, 3.05) is 5.32 Å². The fourth-order valence-electron chi connectivity index (χ4n) is 1.64. The third-order valence-corrected chi connectivity index (χ3v) is 3.43. The van der Waals surface area contributed by atoms with E-state index in [2.05, 4.69) is 15.3 Å². The summed E-state index contributed by atoms with van der Waals surface area (Å²) in [6.07, 6.45) is -4.44. The van der Waals surface area contributed by atoms with Gasteiger partial charge >= 0.3 is 6.18 Å². The number of halogens is 5. The van der Waals surface area contributed by atoms with Crippen LogP contribution in [0.15, 0.2) is 18.2 Å². The molecular formula is C13H10Cl2F3N3. The maximum atomic E-state index is 12.6. The normalized spacial score (nSPS) is 11.6. The van der Waals surface area contributed by atoms with Crippen molar-refractivity contribution in [3.05, 3.63) is 45.3 Å². The molecule has 2 aromatic rings. The van der Waals surface area contributed by atoms with Gasteiger partial charge in [0.15, 0.2) is 0 Å². The number of anilines is 2. The van der Waals surface area contributed by atoms with E-state index in [1.807, 2.05) is 0 Å². The van der Waals surface area contributed by atoms with Gasteiger partial charge in [0.25, 0.3) is 0 Å². The molecule has 3 nitrogen and oxygen atoms in total. The van der Waals surface area contributed by atoms with Gasteiger partial charge in [0.2, 0.25) is 0 Å². The second kappa shape index (κ2) is 5.69. The van der Waals surface area contributed by atoms with Crippen LogP contribution in [0.5, 0.6) is 0 Å². The fourth-order valence-corrected chi connectivity index (χ4v) is 2.08. The lowest BCUT2D eigenvalue weighted by Crippen LogP contribution is -2.06. The van der Waals surface area contributed by atoms with Gasteiger partial charge in [-0.15, -0.1) is 0 Å². The SMILES string of the molecule is Cc1nc(Cl)c(C)c(Nc2ccc(C(F)(F)F)cc2Cl)n1. The summed E-state index contributed by atoms with van der Waals surface area (Å²) in [5, 5.41) is 3.08. The first-order chi connectivity index (χ1) is 9.68. The monoisotopic (exact) mass is 335 g/mol. The number of rotatable bonds is 2. The van der Waals surface area contributed by atoms with Crippen molar-refractivity contribution in [3.8, 4) is 0 Å². The van der Waals surface area contributed by atoms with E-state index < -0.39 is 11.7 Å². The van der Waals surface area contributed by atoms with Gasteiger partial charge in [-0.05, 0) is 32.0 Å². The zero-order valence-corrected chi connectivity index (χ0v) is 12.5. The van der Waals surface area contributed by atoms with Crippen LogP contribution in [-0.2, 0) is 6.18 Å². The summed E-state index contributed by atoms with van der Waals surface area (Å²) in [6.45, 7) is 3.35. The number of aromatic nitrogens is 2. The quantitative estimate of drug-likeness (QED) is 0.770.